The smallest absolute Gasteiger partial charge is 0.201 e. The van der Waals surface area contributed by atoms with E-state index in [-0.39, 0.29) is 45.1 Å². The van der Waals surface area contributed by atoms with Crippen molar-refractivity contribution >= 4 is 17.3 Å². The van der Waals surface area contributed by atoms with Gasteiger partial charge < -0.3 is 20.1 Å². The SMILES string of the molecule is C=C(O/C(C)=C/C)c1c(C)cc(O)c2c1C(=O)c1cc(O)cc(O)c1C2=O. The summed E-state index contributed by atoms with van der Waals surface area (Å²) >= 11 is 0. The van der Waals surface area contributed by atoms with Crippen molar-refractivity contribution in [2.24, 2.45) is 0 Å². The van der Waals surface area contributed by atoms with E-state index < -0.39 is 17.3 Å². The molecule has 0 heterocycles. The van der Waals surface area contributed by atoms with Crippen molar-refractivity contribution in [3.8, 4) is 17.2 Å². The van der Waals surface area contributed by atoms with Gasteiger partial charge in [0.05, 0.1) is 16.9 Å². The van der Waals surface area contributed by atoms with Gasteiger partial charge in [0.25, 0.3) is 0 Å². The summed E-state index contributed by atoms with van der Waals surface area (Å²) in [4.78, 5) is 26.1. The predicted molar refractivity (Wildman–Crippen MR) is 99.0 cm³/mol. The van der Waals surface area contributed by atoms with E-state index in [2.05, 4.69) is 6.58 Å². The van der Waals surface area contributed by atoms with Crippen molar-refractivity contribution in [2.45, 2.75) is 20.8 Å². The highest BCUT2D eigenvalue weighted by Gasteiger charge is 2.38. The standard InChI is InChI=1S/C21H18O6/c1-5-10(3)27-11(4)16-9(2)6-14(23)18-19(16)20(25)13-7-12(22)8-15(24)17(13)21(18)26/h5-8,22-24H,4H2,1-3H3/b10-5+. The molecule has 0 aliphatic heterocycles. The van der Waals surface area contributed by atoms with E-state index in [9.17, 15) is 24.9 Å². The van der Waals surface area contributed by atoms with Gasteiger partial charge in [0.15, 0.2) is 5.78 Å². The number of aryl methyl sites for hydroxylation is 1. The normalized spacial score (nSPS) is 13.2. The number of ether oxygens (including phenoxy) is 1. The van der Waals surface area contributed by atoms with E-state index in [0.29, 0.717) is 11.3 Å². The molecule has 0 saturated carbocycles. The molecule has 0 spiro atoms. The first-order valence-corrected chi connectivity index (χ1v) is 8.19. The van der Waals surface area contributed by atoms with Crippen LogP contribution in [0.3, 0.4) is 0 Å². The molecule has 138 valence electrons. The number of aromatic hydroxyl groups is 3. The Morgan fingerprint density at radius 2 is 1.63 bits per heavy atom. The van der Waals surface area contributed by atoms with Crippen molar-refractivity contribution in [3.05, 3.63) is 70.0 Å². The third kappa shape index (κ3) is 2.75. The molecule has 3 rings (SSSR count). The average molecular weight is 366 g/mol. The quantitative estimate of drug-likeness (QED) is 0.609. The zero-order valence-electron chi connectivity index (χ0n) is 15.1. The summed E-state index contributed by atoms with van der Waals surface area (Å²) in [5.74, 6) is -1.91. The van der Waals surface area contributed by atoms with Gasteiger partial charge in [0.2, 0.25) is 5.78 Å². The topological polar surface area (TPSA) is 104 Å². The highest BCUT2D eigenvalue weighted by molar-refractivity contribution is 6.31. The largest absolute Gasteiger partial charge is 0.508 e. The summed E-state index contributed by atoms with van der Waals surface area (Å²) in [5.41, 5.74) is 0.0872. The number of carbonyl (C=O) groups is 2. The second-order valence-corrected chi connectivity index (χ2v) is 6.31. The lowest BCUT2D eigenvalue weighted by Gasteiger charge is -2.24. The summed E-state index contributed by atoms with van der Waals surface area (Å²) in [7, 11) is 0. The van der Waals surface area contributed by atoms with E-state index in [1.54, 1.807) is 26.8 Å². The number of hydrogen-bond donors (Lipinski definition) is 3. The van der Waals surface area contributed by atoms with Crippen LogP contribution in [-0.2, 0) is 4.74 Å². The third-order valence-corrected chi connectivity index (χ3v) is 4.50. The lowest BCUT2D eigenvalue weighted by atomic mass is 9.79. The van der Waals surface area contributed by atoms with Crippen molar-refractivity contribution in [1.29, 1.82) is 0 Å². The van der Waals surface area contributed by atoms with E-state index >= 15 is 0 Å². The molecule has 0 fully saturated rings. The molecule has 0 amide bonds. The molecule has 0 radical (unpaired) electrons. The number of fused-ring (bicyclic) bond motifs is 2. The van der Waals surface area contributed by atoms with Crippen LogP contribution in [0.5, 0.6) is 17.2 Å². The van der Waals surface area contributed by atoms with E-state index in [1.165, 1.54) is 6.07 Å². The fourth-order valence-corrected chi connectivity index (χ4v) is 3.21. The van der Waals surface area contributed by atoms with Gasteiger partial charge in [-0.15, -0.1) is 0 Å². The first kappa shape index (κ1) is 18.3. The molecule has 3 N–H and O–H groups in total. The second kappa shape index (κ2) is 6.32. The van der Waals surface area contributed by atoms with Gasteiger partial charge in [-0.25, -0.2) is 0 Å². The number of hydrogen-bond acceptors (Lipinski definition) is 6. The molecular formula is C21H18O6. The Morgan fingerprint density at radius 3 is 2.26 bits per heavy atom. The van der Waals surface area contributed by atoms with Crippen molar-refractivity contribution in [3.63, 3.8) is 0 Å². The van der Waals surface area contributed by atoms with Gasteiger partial charge in [-0.3, -0.25) is 9.59 Å². The van der Waals surface area contributed by atoms with Crippen LogP contribution in [0, 0.1) is 6.92 Å². The van der Waals surface area contributed by atoms with Crippen LogP contribution in [-0.4, -0.2) is 26.9 Å². The number of ketones is 2. The number of carbonyl (C=O) groups excluding carboxylic acids is 2. The Balaban J connectivity index is 2.34. The first-order chi connectivity index (χ1) is 12.7. The lowest BCUT2D eigenvalue weighted by Crippen LogP contribution is -2.23. The molecule has 1 aliphatic rings. The van der Waals surface area contributed by atoms with Gasteiger partial charge in [-0.1, -0.05) is 6.58 Å². The molecule has 27 heavy (non-hydrogen) atoms. The predicted octanol–water partition coefficient (Wildman–Crippen LogP) is 3.80. The van der Waals surface area contributed by atoms with Gasteiger partial charge in [0.1, 0.15) is 23.0 Å². The van der Waals surface area contributed by atoms with Crippen LogP contribution < -0.4 is 0 Å². The van der Waals surface area contributed by atoms with Crippen LogP contribution in [0.15, 0.2) is 36.6 Å². The first-order valence-electron chi connectivity index (χ1n) is 8.19. The van der Waals surface area contributed by atoms with Crippen LogP contribution in [0.2, 0.25) is 0 Å². The molecule has 0 bridgehead atoms. The summed E-state index contributed by atoms with van der Waals surface area (Å²) in [6, 6.07) is 3.43. The number of benzene rings is 2. The van der Waals surface area contributed by atoms with Gasteiger partial charge in [-0.2, -0.15) is 0 Å². The van der Waals surface area contributed by atoms with E-state index in [1.807, 2.05) is 0 Å². The van der Waals surface area contributed by atoms with E-state index in [0.717, 1.165) is 12.1 Å². The van der Waals surface area contributed by atoms with Crippen LogP contribution in [0.4, 0.5) is 0 Å². The van der Waals surface area contributed by atoms with Crippen LogP contribution >= 0.6 is 0 Å². The van der Waals surface area contributed by atoms with Crippen LogP contribution in [0.25, 0.3) is 5.76 Å². The van der Waals surface area contributed by atoms with E-state index in [4.69, 9.17) is 4.74 Å². The number of rotatable bonds is 3. The zero-order valence-corrected chi connectivity index (χ0v) is 15.1. The third-order valence-electron chi connectivity index (χ3n) is 4.50. The fourth-order valence-electron chi connectivity index (χ4n) is 3.21. The van der Waals surface area contributed by atoms with Crippen molar-refractivity contribution < 1.29 is 29.6 Å². The number of allylic oxidation sites excluding steroid dienone is 2. The minimum atomic E-state index is -0.716. The Morgan fingerprint density at radius 1 is 1.00 bits per heavy atom. The van der Waals surface area contributed by atoms with Gasteiger partial charge in [0, 0.05) is 22.8 Å². The van der Waals surface area contributed by atoms with Gasteiger partial charge in [-0.05, 0) is 44.5 Å². The maximum Gasteiger partial charge on any atom is 0.201 e. The molecule has 0 atom stereocenters. The molecule has 2 aromatic rings. The van der Waals surface area contributed by atoms with Crippen LogP contribution in [0.1, 0.15) is 56.8 Å². The summed E-state index contributed by atoms with van der Waals surface area (Å²) in [6.45, 7) is 9.00. The monoisotopic (exact) mass is 366 g/mol. The maximum absolute atomic E-state index is 13.1. The fraction of sp³-hybridized carbons (Fsp3) is 0.143. The minimum Gasteiger partial charge on any atom is -0.508 e. The molecule has 6 nitrogen and oxygen atoms in total. The molecule has 0 unspecified atom stereocenters. The summed E-state index contributed by atoms with van der Waals surface area (Å²) < 4.78 is 5.61. The molecule has 2 aromatic carbocycles. The number of phenols is 3. The highest BCUT2D eigenvalue weighted by atomic mass is 16.5. The Bertz CT molecular complexity index is 1060. The molecule has 0 aromatic heterocycles. The minimum absolute atomic E-state index is 0.0658. The Hall–Kier alpha value is -3.54. The molecule has 6 heteroatoms. The summed E-state index contributed by atoms with van der Waals surface area (Å²) in [6.07, 6.45) is 1.71. The summed E-state index contributed by atoms with van der Waals surface area (Å²) in [5, 5.41) is 30.1. The number of phenolic OH excluding ortho intramolecular Hbond substituents is 3. The molecule has 1 aliphatic carbocycles. The molecular weight excluding hydrogens is 348 g/mol. The van der Waals surface area contributed by atoms with Crippen molar-refractivity contribution in [2.75, 3.05) is 0 Å². The van der Waals surface area contributed by atoms with Gasteiger partial charge >= 0.3 is 0 Å². The Labute approximate surface area is 155 Å². The van der Waals surface area contributed by atoms with Crippen molar-refractivity contribution in [1.82, 2.24) is 0 Å². The molecule has 0 saturated heterocycles. The maximum atomic E-state index is 13.1. The lowest BCUT2D eigenvalue weighted by molar-refractivity contribution is 0.0973. The Kier molecular flexibility index (Phi) is 4.27. The second-order valence-electron chi connectivity index (χ2n) is 6.31. The average Bonchev–Trinajstić information content (AvgIpc) is 2.57. The highest BCUT2D eigenvalue weighted by Crippen LogP contribution is 2.42. The zero-order chi connectivity index (χ0) is 20.0.